The fourth-order valence-corrected chi connectivity index (χ4v) is 2.60. The third kappa shape index (κ3) is 4.32. The van der Waals surface area contributed by atoms with Gasteiger partial charge in [0.2, 0.25) is 0 Å². The molecule has 1 N–H and O–H groups in total. The molecule has 5 heteroatoms. The van der Waals surface area contributed by atoms with Crippen molar-refractivity contribution in [2.24, 2.45) is 0 Å². The zero-order valence-electron chi connectivity index (χ0n) is 11.9. The monoisotopic (exact) mass is 293 g/mol. The molecule has 0 unspecified atom stereocenters. The summed E-state index contributed by atoms with van der Waals surface area (Å²) < 4.78 is 0. The summed E-state index contributed by atoms with van der Waals surface area (Å²) in [7, 11) is 2.12. The van der Waals surface area contributed by atoms with E-state index in [4.69, 9.17) is 11.6 Å². The van der Waals surface area contributed by atoms with Gasteiger partial charge in [-0.1, -0.05) is 23.3 Å². The number of nitrogens with zero attached hydrogens (tertiary/aromatic N) is 2. The zero-order chi connectivity index (χ0) is 14.5. The van der Waals surface area contributed by atoms with E-state index >= 15 is 0 Å². The highest BCUT2D eigenvalue weighted by Crippen LogP contribution is 2.14. The van der Waals surface area contributed by atoms with Gasteiger partial charge in [0.15, 0.2) is 0 Å². The molecular weight excluding hydrogens is 274 g/mol. The molecule has 0 saturated carbocycles. The predicted octanol–water partition coefficient (Wildman–Crippen LogP) is 2.51. The van der Waals surface area contributed by atoms with Crippen LogP contribution in [0.5, 0.6) is 0 Å². The molecule has 0 saturated heterocycles. The molecule has 1 aromatic rings. The molecule has 1 atom stereocenters. The third-order valence-electron chi connectivity index (χ3n) is 3.35. The first-order valence-corrected chi connectivity index (χ1v) is 7.21. The number of hydrogen-bond acceptors (Lipinski definition) is 3. The molecule has 1 aromatic heterocycles. The van der Waals surface area contributed by atoms with E-state index in [0.717, 1.165) is 25.9 Å². The molecule has 1 aliphatic heterocycles. The number of nitrogens with one attached hydrogen (secondary N) is 1. The van der Waals surface area contributed by atoms with Crippen LogP contribution in [0, 0.1) is 0 Å². The van der Waals surface area contributed by atoms with E-state index in [1.54, 1.807) is 18.3 Å². The van der Waals surface area contributed by atoms with Crippen molar-refractivity contribution < 1.29 is 4.79 Å². The van der Waals surface area contributed by atoms with Crippen LogP contribution in [0.15, 0.2) is 30.0 Å². The van der Waals surface area contributed by atoms with Crippen molar-refractivity contribution >= 4 is 17.5 Å². The van der Waals surface area contributed by atoms with Crippen molar-refractivity contribution in [2.45, 2.75) is 25.8 Å². The van der Waals surface area contributed by atoms with Crippen LogP contribution in [0.3, 0.4) is 0 Å². The average Bonchev–Trinajstić information content (AvgIpc) is 2.38. The highest BCUT2D eigenvalue weighted by molar-refractivity contribution is 6.29. The Balaban J connectivity index is 1.89. The minimum atomic E-state index is -0.105. The van der Waals surface area contributed by atoms with Gasteiger partial charge in [-0.05, 0) is 38.9 Å². The molecule has 0 bridgehead atoms. The van der Waals surface area contributed by atoms with Crippen LogP contribution in [-0.4, -0.2) is 42.0 Å². The Bertz CT molecular complexity index is 516. The maximum absolute atomic E-state index is 12.1. The Morgan fingerprint density at radius 3 is 3.10 bits per heavy atom. The Hall–Kier alpha value is -1.39. The molecule has 0 aliphatic carbocycles. The van der Waals surface area contributed by atoms with Crippen LogP contribution in [0.1, 0.15) is 30.1 Å². The summed E-state index contributed by atoms with van der Waals surface area (Å²) >= 11 is 5.79. The van der Waals surface area contributed by atoms with Crippen LogP contribution in [0.25, 0.3) is 0 Å². The van der Waals surface area contributed by atoms with Crippen LogP contribution >= 0.6 is 11.6 Å². The first-order chi connectivity index (χ1) is 9.54. The van der Waals surface area contributed by atoms with Crippen LogP contribution in [0.4, 0.5) is 0 Å². The Morgan fingerprint density at radius 1 is 1.60 bits per heavy atom. The number of carbonyl (C=O) groups is 1. The lowest BCUT2D eigenvalue weighted by Crippen LogP contribution is -2.35. The summed E-state index contributed by atoms with van der Waals surface area (Å²) in [5.74, 6) is -0.105. The fourth-order valence-electron chi connectivity index (χ4n) is 2.42. The minimum Gasteiger partial charge on any atom is -0.349 e. The van der Waals surface area contributed by atoms with E-state index in [2.05, 4.69) is 28.3 Å². The number of likely N-dealkylation sites (N-methyl/N-ethyl adjacent to an activating group) is 1. The van der Waals surface area contributed by atoms with Gasteiger partial charge in [0, 0.05) is 30.9 Å². The van der Waals surface area contributed by atoms with Gasteiger partial charge in [-0.2, -0.15) is 0 Å². The van der Waals surface area contributed by atoms with Crippen molar-refractivity contribution in [3.63, 3.8) is 0 Å². The molecule has 2 rings (SSSR count). The number of pyridine rings is 1. The van der Waals surface area contributed by atoms with Gasteiger partial charge < -0.3 is 10.2 Å². The summed E-state index contributed by atoms with van der Waals surface area (Å²) in [6.45, 7) is 4.12. The molecule has 0 fully saturated rings. The van der Waals surface area contributed by atoms with Crippen molar-refractivity contribution in [3.05, 3.63) is 40.7 Å². The zero-order valence-corrected chi connectivity index (χ0v) is 12.7. The summed E-state index contributed by atoms with van der Waals surface area (Å²) in [5, 5.41) is 3.34. The standard InChI is InChI=1S/C15H20ClN3O/c1-11(8-12-4-3-7-19(2)10-12)18-15(20)13-5-6-17-14(16)9-13/h4-6,9,11H,3,7-8,10H2,1-2H3,(H,18,20)/t11-/m0/s1. The highest BCUT2D eigenvalue weighted by Gasteiger charge is 2.14. The van der Waals surface area contributed by atoms with Crippen molar-refractivity contribution in [2.75, 3.05) is 20.1 Å². The largest absolute Gasteiger partial charge is 0.349 e. The lowest BCUT2D eigenvalue weighted by molar-refractivity contribution is 0.0939. The minimum absolute atomic E-state index is 0.104. The van der Waals surface area contributed by atoms with Gasteiger partial charge in [0.25, 0.3) is 5.91 Å². The molecular formula is C15H20ClN3O. The second-order valence-corrected chi connectivity index (χ2v) is 5.72. The van der Waals surface area contributed by atoms with E-state index in [1.807, 2.05) is 6.92 Å². The summed E-state index contributed by atoms with van der Waals surface area (Å²) in [5.41, 5.74) is 1.94. The van der Waals surface area contributed by atoms with Crippen molar-refractivity contribution in [3.8, 4) is 0 Å². The fraction of sp³-hybridized carbons (Fsp3) is 0.467. The van der Waals surface area contributed by atoms with Crippen LogP contribution in [-0.2, 0) is 0 Å². The van der Waals surface area contributed by atoms with Gasteiger partial charge in [0.05, 0.1) is 0 Å². The first kappa shape index (κ1) is 15.0. The lowest BCUT2D eigenvalue weighted by Gasteiger charge is -2.25. The maximum Gasteiger partial charge on any atom is 0.251 e. The van der Waals surface area contributed by atoms with Crippen molar-refractivity contribution in [1.29, 1.82) is 0 Å². The quantitative estimate of drug-likeness (QED) is 0.685. The second kappa shape index (κ2) is 6.86. The van der Waals surface area contributed by atoms with Crippen LogP contribution < -0.4 is 5.32 Å². The van der Waals surface area contributed by atoms with Crippen LogP contribution in [0.2, 0.25) is 5.15 Å². The highest BCUT2D eigenvalue weighted by atomic mass is 35.5. The molecule has 0 spiro atoms. The van der Waals surface area contributed by atoms with Gasteiger partial charge in [-0.15, -0.1) is 0 Å². The van der Waals surface area contributed by atoms with Gasteiger partial charge >= 0.3 is 0 Å². The van der Waals surface area contributed by atoms with E-state index in [0.29, 0.717) is 10.7 Å². The number of rotatable bonds is 4. The van der Waals surface area contributed by atoms with Gasteiger partial charge in [-0.3, -0.25) is 4.79 Å². The predicted molar refractivity (Wildman–Crippen MR) is 81.0 cm³/mol. The topological polar surface area (TPSA) is 45.2 Å². The summed E-state index contributed by atoms with van der Waals surface area (Å²) in [4.78, 5) is 18.3. The van der Waals surface area contributed by atoms with E-state index in [9.17, 15) is 4.79 Å². The number of hydrogen-bond donors (Lipinski definition) is 1. The number of halogens is 1. The molecule has 1 aliphatic rings. The van der Waals surface area contributed by atoms with Crippen molar-refractivity contribution in [1.82, 2.24) is 15.2 Å². The number of amides is 1. The van der Waals surface area contributed by atoms with E-state index < -0.39 is 0 Å². The van der Waals surface area contributed by atoms with E-state index in [-0.39, 0.29) is 11.9 Å². The number of carbonyl (C=O) groups excluding carboxylic acids is 1. The molecule has 108 valence electrons. The normalized spacial score (nSPS) is 17.4. The summed E-state index contributed by atoms with van der Waals surface area (Å²) in [6, 6.07) is 3.35. The lowest BCUT2D eigenvalue weighted by atomic mass is 10.0. The SMILES string of the molecule is C[C@@H](CC1=CCCN(C)C1)NC(=O)c1ccnc(Cl)c1. The molecule has 4 nitrogen and oxygen atoms in total. The van der Waals surface area contributed by atoms with Gasteiger partial charge in [0.1, 0.15) is 5.15 Å². The average molecular weight is 294 g/mol. The molecule has 0 aromatic carbocycles. The maximum atomic E-state index is 12.1. The molecule has 0 radical (unpaired) electrons. The first-order valence-electron chi connectivity index (χ1n) is 6.83. The number of aromatic nitrogens is 1. The third-order valence-corrected chi connectivity index (χ3v) is 3.56. The smallest absolute Gasteiger partial charge is 0.251 e. The molecule has 20 heavy (non-hydrogen) atoms. The van der Waals surface area contributed by atoms with Gasteiger partial charge in [-0.25, -0.2) is 4.98 Å². The molecule has 2 heterocycles. The molecule has 1 amide bonds. The second-order valence-electron chi connectivity index (χ2n) is 5.33. The van der Waals surface area contributed by atoms with E-state index in [1.165, 1.54) is 5.57 Å². The summed E-state index contributed by atoms with van der Waals surface area (Å²) in [6.07, 6.45) is 5.80. The Labute approximate surface area is 124 Å². The Morgan fingerprint density at radius 2 is 2.40 bits per heavy atom. The Kier molecular flexibility index (Phi) is 5.15.